The van der Waals surface area contributed by atoms with E-state index in [1.807, 2.05) is 30.0 Å². The lowest BCUT2D eigenvalue weighted by molar-refractivity contribution is -0.136. The van der Waals surface area contributed by atoms with Crippen LogP contribution < -0.4 is 0 Å². The van der Waals surface area contributed by atoms with E-state index in [0.717, 1.165) is 16.7 Å². The number of phenolic OH excluding ortho intramolecular Hbond substituents is 2. The van der Waals surface area contributed by atoms with Gasteiger partial charge in [0.25, 0.3) is 0 Å². The van der Waals surface area contributed by atoms with Crippen LogP contribution in [0.4, 0.5) is 0 Å². The maximum atomic E-state index is 13.0. The monoisotopic (exact) mass is 353 g/mol. The molecule has 1 aliphatic rings. The van der Waals surface area contributed by atoms with Crippen molar-refractivity contribution in [2.24, 2.45) is 11.8 Å². The van der Waals surface area contributed by atoms with Crippen LogP contribution in [0.1, 0.15) is 43.4 Å². The normalized spacial score (nSPS) is 18.3. The molecule has 2 atom stereocenters. The smallest absolute Gasteiger partial charge is 0.225 e. The first-order valence-corrected chi connectivity index (χ1v) is 9.27. The van der Waals surface area contributed by atoms with Crippen molar-refractivity contribution in [1.29, 1.82) is 0 Å². The molecule has 1 amide bonds. The van der Waals surface area contributed by atoms with Crippen LogP contribution in [-0.2, 0) is 11.2 Å². The zero-order chi connectivity index (χ0) is 18.8. The largest absolute Gasteiger partial charge is 0.504 e. The third-order valence-corrected chi connectivity index (χ3v) is 5.57. The molecule has 0 saturated carbocycles. The molecule has 0 saturated heterocycles. The van der Waals surface area contributed by atoms with Gasteiger partial charge in [-0.05, 0) is 41.2 Å². The highest BCUT2D eigenvalue weighted by Crippen LogP contribution is 2.38. The molecule has 0 fully saturated rings. The van der Waals surface area contributed by atoms with Gasteiger partial charge in [0.05, 0.1) is 0 Å². The number of hydrogen-bond donors (Lipinski definition) is 2. The van der Waals surface area contributed by atoms with E-state index in [0.29, 0.717) is 19.5 Å². The molecule has 0 bridgehead atoms. The number of rotatable bonds is 3. The molecule has 3 rings (SSSR count). The molecule has 2 N–H and O–H groups in total. The summed E-state index contributed by atoms with van der Waals surface area (Å²) in [7, 11) is 0. The van der Waals surface area contributed by atoms with Crippen LogP contribution in [0.25, 0.3) is 0 Å². The van der Waals surface area contributed by atoms with Gasteiger partial charge in [0, 0.05) is 24.9 Å². The predicted molar refractivity (Wildman–Crippen MR) is 102 cm³/mol. The molecule has 138 valence electrons. The van der Waals surface area contributed by atoms with Crippen LogP contribution in [-0.4, -0.2) is 34.1 Å². The van der Waals surface area contributed by atoms with E-state index in [2.05, 4.69) is 26.0 Å². The maximum Gasteiger partial charge on any atom is 0.225 e. The van der Waals surface area contributed by atoms with Gasteiger partial charge in [-0.15, -0.1) is 0 Å². The predicted octanol–water partition coefficient (Wildman–Crippen LogP) is 3.91. The van der Waals surface area contributed by atoms with Crippen LogP contribution in [0.3, 0.4) is 0 Å². The van der Waals surface area contributed by atoms with Crippen molar-refractivity contribution in [3.05, 3.63) is 59.2 Å². The molecular weight excluding hydrogens is 326 g/mol. The second-order valence-electron chi connectivity index (χ2n) is 7.57. The average Bonchev–Trinajstić information content (AvgIpc) is 2.81. The third kappa shape index (κ3) is 3.55. The summed E-state index contributed by atoms with van der Waals surface area (Å²) in [6, 6.07) is 13.4. The topological polar surface area (TPSA) is 60.8 Å². The van der Waals surface area contributed by atoms with E-state index >= 15 is 0 Å². The number of aromatic hydroxyl groups is 2. The van der Waals surface area contributed by atoms with E-state index in [4.69, 9.17) is 0 Å². The fraction of sp³-hybridized carbons (Fsp3) is 0.409. The standard InChI is InChI=1S/C22H27NO3/c1-14(2)15(3)22(26)23-10-9-17-11-20(24)21(25)12-18(17)19(13-23)16-7-5-4-6-8-16/h4-8,11-12,14-15,19,24-25H,9-10,13H2,1-3H3. The number of amides is 1. The van der Waals surface area contributed by atoms with Crippen LogP contribution in [0.2, 0.25) is 0 Å². The zero-order valence-electron chi connectivity index (χ0n) is 15.6. The lowest BCUT2D eigenvalue weighted by atomic mass is 9.87. The maximum absolute atomic E-state index is 13.0. The quantitative estimate of drug-likeness (QED) is 0.823. The highest BCUT2D eigenvalue weighted by atomic mass is 16.3. The Kier molecular flexibility index (Phi) is 5.21. The summed E-state index contributed by atoms with van der Waals surface area (Å²) in [5, 5.41) is 20.0. The van der Waals surface area contributed by atoms with Crippen molar-refractivity contribution in [1.82, 2.24) is 4.90 Å². The molecular formula is C22H27NO3. The first-order chi connectivity index (χ1) is 12.4. The van der Waals surface area contributed by atoms with Gasteiger partial charge < -0.3 is 15.1 Å². The van der Waals surface area contributed by atoms with Gasteiger partial charge in [0.1, 0.15) is 0 Å². The molecule has 4 nitrogen and oxygen atoms in total. The van der Waals surface area contributed by atoms with Gasteiger partial charge in [0.15, 0.2) is 11.5 Å². The molecule has 0 aromatic heterocycles. The van der Waals surface area contributed by atoms with E-state index in [9.17, 15) is 15.0 Å². The molecule has 26 heavy (non-hydrogen) atoms. The van der Waals surface area contributed by atoms with Gasteiger partial charge in [0.2, 0.25) is 5.91 Å². The van der Waals surface area contributed by atoms with Crippen molar-refractivity contribution in [3.63, 3.8) is 0 Å². The van der Waals surface area contributed by atoms with Crippen LogP contribution in [0.15, 0.2) is 42.5 Å². The van der Waals surface area contributed by atoms with Crippen LogP contribution in [0, 0.1) is 11.8 Å². The number of fused-ring (bicyclic) bond motifs is 1. The Morgan fingerprint density at radius 3 is 2.38 bits per heavy atom. The lowest BCUT2D eigenvalue weighted by Gasteiger charge is -2.29. The Hall–Kier alpha value is -2.49. The van der Waals surface area contributed by atoms with Crippen molar-refractivity contribution < 1.29 is 15.0 Å². The second-order valence-corrected chi connectivity index (χ2v) is 7.57. The van der Waals surface area contributed by atoms with Crippen LogP contribution >= 0.6 is 0 Å². The minimum Gasteiger partial charge on any atom is -0.504 e. The molecule has 0 aliphatic carbocycles. The number of benzene rings is 2. The van der Waals surface area contributed by atoms with E-state index < -0.39 is 0 Å². The lowest BCUT2D eigenvalue weighted by Crippen LogP contribution is -2.39. The molecule has 4 heteroatoms. The van der Waals surface area contributed by atoms with E-state index in [1.54, 1.807) is 12.1 Å². The molecule has 0 radical (unpaired) electrons. The van der Waals surface area contributed by atoms with Gasteiger partial charge in [-0.25, -0.2) is 0 Å². The Morgan fingerprint density at radius 2 is 1.73 bits per heavy atom. The minimum absolute atomic E-state index is 0.0245. The zero-order valence-corrected chi connectivity index (χ0v) is 15.6. The Labute approximate surface area is 155 Å². The van der Waals surface area contributed by atoms with Gasteiger partial charge in [-0.1, -0.05) is 51.1 Å². The molecule has 1 heterocycles. The highest BCUT2D eigenvalue weighted by Gasteiger charge is 2.30. The van der Waals surface area contributed by atoms with Crippen molar-refractivity contribution in [2.75, 3.05) is 13.1 Å². The van der Waals surface area contributed by atoms with E-state index in [-0.39, 0.29) is 35.2 Å². The number of phenols is 2. The van der Waals surface area contributed by atoms with Crippen molar-refractivity contribution >= 4 is 5.91 Å². The summed E-state index contributed by atoms with van der Waals surface area (Å²) in [5.74, 6) is 0.183. The fourth-order valence-electron chi connectivity index (χ4n) is 3.59. The molecule has 2 aromatic rings. The number of carbonyl (C=O) groups excluding carboxylic acids is 1. The van der Waals surface area contributed by atoms with Crippen molar-refractivity contribution in [2.45, 2.75) is 33.1 Å². The summed E-state index contributed by atoms with van der Waals surface area (Å²) in [6.07, 6.45) is 0.670. The Morgan fingerprint density at radius 1 is 1.08 bits per heavy atom. The van der Waals surface area contributed by atoms with Crippen LogP contribution in [0.5, 0.6) is 11.5 Å². The Balaban J connectivity index is 2.02. The molecule has 2 aromatic carbocycles. The molecule has 0 spiro atoms. The van der Waals surface area contributed by atoms with Gasteiger partial charge in [-0.3, -0.25) is 4.79 Å². The van der Waals surface area contributed by atoms with Crippen molar-refractivity contribution in [3.8, 4) is 11.5 Å². The SMILES string of the molecule is CC(C)C(C)C(=O)N1CCc2cc(O)c(O)cc2C(c2ccccc2)C1. The molecule has 2 unspecified atom stereocenters. The number of hydrogen-bond acceptors (Lipinski definition) is 3. The van der Waals surface area contributed by atoms with Gasteiger partial charge in [-0.2, -0.15) is 0 Å². The summed E-state index contributed by atoms with van der Waals surface area (Å²) in [4.78, 5) is 14.9. The second kappa shape index (κ2) is 7.40. The first kappa shape index (κ1) is 18.3. The highest BCUT2D eigenvalue weighted by molar-refractivity contribution is 5.79. The average molecular weight is 353 g/mol. The fourth-order valence-corrected chi connectivity index (χ4v) is 3.59. The summed E-state index contributed by atoms with van der Waals surface area (Å²) >= 11 is 0. The summed E-state index contributed by atoms with van der Waals surface area (Å²) in [6.45, 7) is 7.33. The summed E-state index contributed by atoms with van der Waals surface area (Å²) < 4.78 is 0. The Bertz CT molecular complexity index is 785. The summed E-state index contributed by atoms with van der Waals surface area (Å²) in [5.41, 5.74) is 3.08. The third-order valence-electron chi connectivity index (χ3n) is 5.57. The minimum atomic E-state index is -0.111. The number of nitrogens with zero attached hydrogens (tertiary/aromatic N) is 1. The van der Waals surface area contributed by atoms with Gasteiger partial charge >= 0.3 is 0 Å². The molecule has 1 aliphatic heterocycles. The first-order valence-electron chi connectivity index (χ1n) is 9.27. The number of carbonyl (C=O) groups is 1. The van der Waals surface area contributed by atoms with E-state index in [1.165, 1.54) is 0 Å².